The van der Waals surface area contributed by atoms with E-state index in [4.69, 9.17) is 0 Å². The molecule has 2 aromatic carbocycles. The number of hydrogen-bond acceptors (Lipinski definition) is 1. The van der Waals surface area contributed by atoms with Crippen molar-refractivity contribution in [1.29, 1.82) is 0 Å². The molecule has 1 fully saturated rings. The lowest BCUT2D eigenvalue weighted by molar-refractivity contribution is -0.917. The van der Waals surface area contributed by atoms with Crippen LogP contribution in [0.25, 0.3) is 0 Å². The fourth-order valence-corrected chi connectivity index (χ4v) is 4.14. The quantitative estimate of drug-likeness (QED) is 0.913. The summed E-state index contributed by atoms with van der Waals surface area (Å²) in [5.74, 6) is 0.215. The van der Waals surface area contributed by atoms with Gasteiger partial charge in [0.25, 0.3) is 5.91 Å². The van der Waals surface area contributed by atoms with Crippen LogP contribution in [0, 0.1) is 0 Å². The number of fused-ring (bicyclic) bond motifs is 1. The van der Waals surface area contributed by atoms with Gasteiger partial charge < -0.3 is 9.80 Å². The summed E-state index contributed by atoms with van der Waals surface area (Å²) in [7, 11) is 0. The number of benzene rings is 2. The Kier molecular flexibility index (Phi) is 4.84. The molecule has 0 radical (unpaired) electrons. The molecule has 0 bridgehead atoms. The van der Waals surface area contributed by atoms with Crippen LogP contribution in [0.1, 0.15) is 39.9 Å². The van der Waals surface area contributed by atoms with E-state index in [0.29, 0.717) is 0 Å². The first-order valence-electron chi connectivity index (χ1n) is 9.58. The van der Waals surface area contributed by atoms with Crippen molar-refractivity contribution in [1.82, 2.24) is 4.90 Å². The molecule has 1 aliphatic heterocycles. The Bertz CT molecular complexity index is 733. The summed E-state index contributed by atoms with van der Waals surface area (Å²) in [6.07, 6.45) is 4.84. The van der Waals surface area contributed by atoms with Crippen LogP contribution >= 0.6 is 0 Å². The smallest absolute Gasteiger partial charge is 0.254 e. The summed E-state index contributed by atoms with van der Waals surface area (Å²) in [5.41, 5.74) is 5.10. The van der Waals surface area contributed by atoms with E-state index in [2.05, 4.69) is 42.5 Å². The van der Waals surface area contributed by atoms with Gasteiger partial charge in [-0.05, 0) is 48.9 Å². The highest BCUT2D eigenvalue weighted by Crippen LogP contribution is 2.22. The first-order chi connectivity index (χ1) is 12.3. The third-order valence-corrected chi connectivity index (χ3v) is 5.65. The summed E-state index contributed by atoms with van der Waals surface area (Å²) < 4.78 is 0. The molecule has 1 N–H and O–H groups in total. The Balaban J connectivity index is 1.36. The summed E-state index contributed by atoms with van der Waals surface area (Å²) in [4.78, 5) is 16.5. The van der Waals surface area contributed by atoms with Gasteiger partial charge in [-0.3, -0.25) is 4.79 Å². The molecule has 1 amide bonds. The molecule has 3 nitrogen and oxygen atoms in total. The lowest BCUT2D eigenvalue weighted by Gasteiger charge is -2.32. The molecular formula is C22H27N2O+. The molecule has 4 rings (SSSR count). The number of amides is 1. The second kappa shape index (κ2) is 7.40. The Morgan fingerprint density at radius 2 is 1.64 bits per heavy atom. The lowest BCUT2D eigenvalue weighted by Crippen LogP contribution is -3.13. The summed E-state index contributed by atoms with van der Waals surface area (Å²) >= 11 is 0. The molecule has 0 aromatic heterocycles. The Morgan fingerprint density at radius 3 is 2.40 bits per heavy atom. The van der Waals surface area contributed by atoms with E-state index >= 15 is 0 Å². The van der Waals surface area contributed by atoms with Crippen LogP contribution in [0.4, 0.5) is 0 Å². The molecule has 0 spiro atoms. The van der Waals surface area contributed by atoms with Gasteiger partial charge in [0.2, 0.25) is 0 Å². The van der Waals surface area contributed by atoms with Crippen LogP contribution in [-0.2, 0) is 19.4 Å². The third kappa shape index (κ3) is 3.77. The molecule has 1 saturated heterocycles. The van der Waals surface area contributed by atoms with Crippen molar-refractivity contribution in [3.8, 4) is 0 Å². The van der Waals surface area contributed by atoms with Gasteiger partial charge >= 0.3 is 0 Å². The maximum absolute atomic E-state index is 12.9. The molecule has 2 aromatic rings. The van der Waals surface area contributed by atoms with Crippen LogP contribution in [-0.4, -0.2) is 37.0 Å². The Hall–Kier alpha value is -2.13. The molecule has 2 aliphatic rings. The molecule has 0 unspecified atom stereocenters. The number of carbonyl (C=O) groups is 1. The van der Waals surface area contributed by atoms with Crippen molar-refractivity contribution < 1.29 is 9.69 Å². The highest BCUT2D eigenvalue weighted by atomic mass is 16.2. The minimum Gasteiger partial charge on any atom is -0.328 e. The molecule has 0 saturated carbocycles. The summed E-state index contributed by atoms with van der Waals surface area (Å²) in [5, 5.41) is 0. The monoisotopic (exact) mass is 335 g/mol. The zero-order valence-electron chi connectivity index (χ0n) is 14.8. The average molecular weight is 335 g/mol. The molecular weight excluding hydrogens is 308 g/mol. The lowest BCUT2D eigenvalue weighted by atomic mass is 9.90. The largest absolute Gasteiger partial charge is 0.328 e. The van der Waals surface area contributed by atoms with E-state index in [1.54, 1.807) is 4.90 Å². The van der Waals surface area contributed by atoms with Crippen molar-refractivity contribution in [3.05, 3.63) is 70.8 Å². The SMILES string of the molecule is O=C(c1ccc2c(c1)CCCC2)N1CC[NH+](Cc2ccccc2)CC1. The van der Waals surface area contributed by atoms with E-state index in [9.17, 15) is 4.79 Å². The zero-order valence-corrected chi connectivity index (χ0v) is 14.8. The van der Waals surface area contributed by atoms with E-state index < -0.39 is 0 Å². The Morgan fingerprint density at radius 1 is 0.920 bits per heavy atom. The van der Waals surface area contributed by atoms with Gasteiger partial charge in [-0.2, -0.15) is 0 Å². The first kappa shape index (κ1) is 16.3. The van der Waals surface area contributed by atoms with Crippen LogP contribution in [0.15, 0.2) is 48.5 Å². The minimum absolute atomic E-state index is 0.215. The van der Waals surface area contributed by atoms with Gasteiger partial charge in [-0.15, -0.1) is 0 Å². The van der Waals surface area contributed by atoms with E-state index in [1.165, 1.54) is 36.0 Å². The second-order valence-corrected chi connectivity index (χ2v) is 7.40. The Labute approximate surface area is 150 Å². The van der Waals surface area contributed by atoms with Crippen LogP contribution in [0.3, 0.4) is 0 Å². The maximum Gasteiger partial charge on any atom is 0.254 e. The van der Waals surface area contributed by atoms with Crippen LogP contribution < -0.4 is 4.90 Å². The van der Waals surface area contributed by atoms with E-state index in [0.717, 1.165) is 44.7 Å². The maximum atomic E-state index is 12.9. The fraction of sp³-hybridized carbons (Fsp3) is 0.409. The molecule has 3 heteroatoms. The van der Waals surface area contributed by atoms with Crippen molar-refractivity contribution in [2.45, 2.75) is 32.2 Å². The van der Waals surface area contributed by atoms with Gasteiger partial charge in [0.05, 0.1) is 26.2 Å². The number of rotatable bonds is 3. The van der Waals surface area contributed by atoms with Crippen molar-refractivity contribution >= 4 is 5.91 Å². The van der Waals surface area contributed by atoms with Crippen LogP contribution in [0.5, 0.6) is 0 Å². The van der Waals surface area contributed by atoms with Gasteiger partial charge in [0, 0.05) is 11.1 Å². The zero-order chi connectivity index (χ0) is 17.1. The highest BCUT2D eigenvalue weighted by molar-refractivity contribution is 5.94. The van der Waals surface area contributed by atoms with E-state index in [1.807, 2.05) is 11.0 Å². The van der Waals surface area contributed by atoms with Gasteiger partial charge in [-0.25, -0.2) is 0 Å². The van der Waals surface area contributed by atoms with Gasteiger partial charge in [-0.1, -0.05) is 36.4 Å². The number of carbonyl (C=O) groups excluding carboxylic acids is 1. The number of aryl methyl sites for hydroxylation is 2. The van der Waals surface area contributed by atoms with Gasteiger partial charge in [0.15, 0.2) is 0 Å². The first-order valence-corrected chi connectivity index (χ1v) is 9.58. The molecule has 130 valence electrons. The fourth-order valence-electron chi connectivity index (χ4n) is 4.14. The number of nitrogens with zero attached hydrogens (tertiary/aromatic N) is 1. The van der Waals surface area contributed by atoms with E-state index in [-0.39, 0.29) is 5.91 Å². The van der Waals surface area contributed by atoms with Gasteiger partial charge in [0.1, 0.15) is 6.54 Å². The highest BCUT2D eigenvalue weighted by Gasteiger charge is 2.25. The predicted molar refractivity (Wildman–Crippen MR) is 99.8 cm³/mol. The number of quaternary nitrogens is 1. The summed E-state index contributed by atoms with van der Waals surface area (Å²) in [6, 6.07) is 17.0. The normalized spacial score (nSPS) is 18.0. The van der Waals surface area contributed by atoms with Crippen LogP contribution in [0.2, 0.25) is 0 Å². The summed E-state index contributed by atoms with van der Waals surface area (Å²) in [6.45, 7) is 4.84. The van der Waals surface area contributed by atoms with Crippen molar-refractivity contribution in [2.75, 3.05) is 26.2 Å². The number of piperazine rings is 1. The average Bonchev–Trinajstić information content (AvgIpc) is 2.68. The predicted octanol–water partition coefficient (Wildman–Crippen LogP) is 2.11. The third-order valence-electron chi connectivity index (χ3n) is 5.65. The minimum atomic E-state index is 0.215. The topological polar surface area (TPSA) is 24.8 Å². The standard InChI is InChI=1S/C22H26N2O/c25-22(21-11-10-19-8-4-5-9-20(19)16-21)24-14-12-23(13-15-24)17-18-6-2-1-3-7-18/h1-3,6-7,10-11,16H,4-5,8-9,12-15,17H2/p+1. The number of nitrogens with one attached hydrogen (secondary N) is 1. The molecule has 1 aliphatic carbocycles. The molecule has 25 heavy (non-hydrogen) atoms. The molecule has 1 heterocycles. The van der Waals surface area contributed by atoms with Crippen molar-refractivity contribution in [3.63, 3.8) is 0 Å². The molecule has 0 atom stereocenters. The second-order valence-electron chi connectivity index (χ2n) is 7.40. The number of hydrogen-bond donors (Lipinski definition) is 1. The van der Waals surface area contributed by atoms with Crippen molar-refractivity contribution in [2.24, 2.45) is 0 Å².